The van der Waals surface area contributed by atoms with E-state index in [4.69, 9.17) is 14.2 Å². The quantitative estimate of drug-likeness (QED) is 0.532. The highest BCUT2D eigenvalue weighted by Gasteiger charge is 2.49. The van der Waals surface area contributed by atoms with E-state index in [1.165, 1.54) is 64.7 Å². The second kappa shape index (κ2) is 9.81. The normalized spacial score (nSPS) is 17.4. The van der Waals surface area contributed by atoms with Crippen LogP contribution in [-0.4, -0.2) is 57.2 Å². The molecule has 10 nitrogen and oxygen atoms in total. The number of carbonyl (C=O) groups excluding carboxylic acids is 3. The number of halogens is 2. The van der Waals surface area contributed by atoms with Crippen molar-refractivity contribution in [3.05, 3.63) is 42.0 Å². The van der Waals surface area contributed by atoms with Gasteiger partial charge < -0.3 is 29.6 Å². The molecule has 2 aromatic carbocycles. The summed E-state index contributed by atoms with van der Waals surface area (Å²) >= 11 is 0. The molecule has 0 aromatic heterocycles. The van der Waals surface area contributed by atoms with Crippen LogP contribution in [0.15, 0.2) is 36.4 Å². The minimum atomic E-state index is -2.99. The largest absolute Gasteiger partial charge is 0.493 e. The SMILES string of the molecule is COc1cc(NC(=O)CN2C(=O)N[C@@](C)(c3ccc(OC(F)F)cc3)C2=O)cc(OC)c1OC. The zero-order valence-electron chi connectivity index (χ0n) is 18.8. The molecule has 1 heterocycles. The van der Waals surface area contributed by atoms with Gasteiger partial charge in [-0.2, -0.15) is 8.78 Å². The van der Waals surface area contributed by atoms with Crippen LogP contribution in [0, 0.1) is 0 Å². The molecule has 2 N–H and O–H groups in total. The van der Waals surface area contributed by atoms with Crippen LogP contribution < -0.4 is 29.6 Å². The summed E-state index contributed by atoms with van der Waals surface area (Å²) in [6.45, 7) is -2.11. The summed E-state index contributed by atoms with van der Waals surface area (Å²) in [5.74, 6) is -0.487. The third kappa shape index (κ3) is 4.80. The Kier molecular flexibility index (Phi) is 7.08. The molecule has 1 saturated heterocycles. The first kappa shape index (κ1) is 24.6. The molecule has 3 rings (SSSR count). The Bertz CT molecular complexity index is 1070. The lowest BCUT2D eigenvalue weighted by Crippen LogP contribution is -2.42. The third-order valence-corrected chi connectivity index (χ3v) is 5.18. The molecule has 0 aliphatic carbocycles. The maximum atomic E-state index is 13.0. The van der Waals surface area contributed by atoms with Gasteiger partial charge in [-0.3, -0.25) is 14.5 Å². The Hall–Kier alpha value is -4.09. The van der Waals surface area contributed by atoms with E-state index in [1.54, 1.807) is 0 Å². The molecule has 1 aliphatic heterocycles. The molecule has 1 atom stereocenters. The van der Waals surface area contributed by atoms with Crippen molar-refractivity contribution in [2.75, 3.05) is 33.2 Å². The first-order valence-electron chi connectivity index (χ1n) is 9.92. The molecule has 0 bridgehead atoms. The highest BCUT2D eigenvalue weighted by molar-refractivity contribution is 6.10. The van der Waals surface area contributed by atoms with E-state index in [-0.39, 0.29) is 5.75 Å². The minimum Gasteiger partial charge on any atom is -0.493 e. The highest BCUT2D eigenvalue weighted by atomic mass is 19.3. The summed E-state index contributed by atoms with van der Waals surface area (Å²) in [5, 5.41) is 5.13. The van der Waals surface area contributed by atoms with Gasteiger partial charge >= 0.3 is 12.6 Å². The summed E-state index contributed by atoms with van der Waals surface area (Å²) in [6.07, 6.45) is 0. The molecule has 0 radical (unpaired) electrons. The van der Waals surface area contributed by atoms with Gasteiger partial charge in [-0.15, -0.1) is 0 Å². The predicted octanol–water partition coefficient (Wildman–Crippen LogP) is 2.72. The summed E-state index contributed by atoms with van der Waals surface area (Å²) in [4.78, 5) is 38.9. The topological polar surface area (TPSA) is 115 Å². The van der Waals surface area contributed by atoms with Gasteiger partial charge in [-0.25, -0.2) is 4.79 Å². The molecule has 4 amide bonds. The first-order valence-corrected chi connectivity index (χ1v) is 9.92. The van der Waals surface area contributed by atoms with Crippen molar-refractivity contribution in [3.63, 3.8) is 0 Å². The number of amides is 4. The number of carbonyl (C=O) groups is 3. The van der Waals surface area contributed by atoms with Crippen molar-refractivity contribution in [2.45, 2.75) is 19.1 Å². The van der Waals surface area contributed by atoms with Crippen LogP contribution in [0.4, 0.5) is 19.3 Å². The third-order valence-electron chi connectivity index (χ3n) is 5.18. The summed E-state index contributed by atoms with van der Waals surface area (Å²) in [7, 11) is 4.28. The van der Waals surface area contributed by atoms with Gasteiger partial charge in [-0.1, -0.05) is 12.1 Å². The van der Waals surface area contributed by atoms with Crippen molar-refractivity contribution in [2.24, 2.45) is 0 Å². The van der Waals surface area contributed by atoms with E-state index >= 15 is 0 Å². The Morgan fingerprint density at radius 3 is 2.15 bits per heavy atom. The van der Waals surface area contributed by atoms with E-state index in [0.717, 1.165) is 4.90 Å². The molecular weight excluding hydrogens is 456 g/mol. The number of hydrogen-bond donors (Lipinski definition) is 2. The number of nitrogens with one attached hydrogen (secondary N) is 2. The molecule has 0 spiro atoms. The average Bonchev–Trinajstić information content (AvgIpc) is 3.02. The maximum Gasteiger partial charge on any atom is 0.387 e. The molecular formula is C22H23F2N3O7. The van der Waals surface area contributed by atoms with Crippen LogP contribution >= 0.6 is 0 Å². The Morgan fingerprint density at radius 1 is 1.06 bits per heavy atom. The molecule has 1 fully saturated rings. The molecule has 12 heteroatoms. The molecule has 0 saturated carbocycles. The number of alkyl halides is 2. The number of urea groups is 1. The fourth-order valence-electron chi connectivity index (χ4n) is 3.50. The van der Waals surface area contributed by atoms with Gasteiger partial charge in [0.05, 0.1) is 21.3 Å². The van der Waals surface area contributed by atoms with Gasteiger partial charge in [0.2, 0.25) is 11.7 Å². The maximum absolute atomic E-state index is 13.0. The van der Waals surface area contributed by atoms with Crippen molar-refractivity contribution >= 4 is 23.5 Å². The monoisotopic (exact) mass is 479 g/mol. The number of rotatable bonds is 9. The Morgan fingerprint density at radius 2 is 1.65 bits per heavy atom. The van der Waals surface area contributed by atoms with Crippen molar-refractivity contribution in [3.8, 4) is 23.0 Å². The van der Waals surface area contributed by atoms with Crippen molar-refractivity contribution < 1.29 is 42.1 Å². The number of methoxy groups -OCH3 is 3. The predicted molar refractivity (Wildman–Crippen MR) is 115 cm³/mol. The number of imide groups is 1. The second-order valence-corrected chi connectivity index (χ2v) is 7.31. The van der Waals surface area contributed by atoms with Gasteiger partial charge in [0.15, 0.2) is 11.5 Å². The van der Waals surface area contributed by atoms with Crippen molar-refractivity contribution in [1.82, 2.24) is 10.2 Å². The number of ether oxygens (including phenoxy) is 4. The molecule has 34 heavy (non-hydrogen) atoms. The summed E-state index contributed by atoms with van der Waals surface area (Å²) in [5.41, 5.74) is -0.864. The van der Waals surface area contributed by atoms with Crippen LogP contribution in [0.5, 0.6) is 23.0 Å². The lowest BCUT2D eigenvalue weighted by atomic mass is 9.92. The van der Waals surface area contributed by atoms with E-state index < -0.39 is 36.5 Å². The van der Waals surface area contributed by atoms with Gasteiger partial charge in [0, 0.05) is 17.8 Å². The van der Waals surface area contributed by atoms with Crippen LogP contribution in [-0.2, 0) is 15.1 Å². The minimum absolute atomic E-state index is 0.0966. The Labute approximate surface area is 193 Å². The first-order chi connectivity index (χ1) is 16.1. The smallest absolute Gasteiger partial charge is 0.387 e. The zero-order chi connectivity index (χ0) is 25.0. The van der Waals surface area contributed by atoms with Gasteiger partial charge in [0.25, 0.3) is 5.91 Å². The van der Waals surface area contributed by atoms with E-state index in [2.05, 4.69) is 15.4 Å². The molecule has 1 aliphatic rings. The van der Waals surface area contributed by atoms with E-state index in [0.29, 0.717) is 28.5 Å². The Balaban J connectivity index is 1.74. The molecule has 0 unspecified atom stereocenters. The van der Waals surface area contributed by atoms with Crippen LogP contribution in [0.3, 0.4) is 0 Å². The second-order valence-electron chi connectivity index (χ2n) is 7.31. The van der Waals surface area contributed by atoms with Crippen LogP contribution in [0.1, 0.15) is 12.5 Å². The van der Waals surface area contributed by atoms with Crippen LogP contribution in [0.2, 0.25) is 0 Å². The lowest BCUT2D eigenvalue weighted by Gasteiger charge is -2.22. The fourth-order valence-corrected chi connectivity index (χ4v) is 3.50. The van der Waals surface area contributed by atoms with E-state index in [9.17, 15) is 23.2 Å². The molecule has 182 valence electrons. The standard InChI is InChI=1S/C22H23F2N3O7/c1-22(12-5-7-14(8-6-12)34-20(23)24)19(29)27(21(30)26-22)11-17(28)25-13-9-15(31-2)18(33-4)16(10-13)32-3/h5-10,20H,11H2,1-4H3,(H,25,28)(H,26,30)/t22-/m0/s1. The van der Waals surface area contributed by atoms with Crippen molar-refractivity contribution in [1.29, 1.82) is 0 Å². The number of hydrogen-bond acceptors (Lipinski definition) is 7. The number of anilines is 1. The average molecular weight is 479 g/mol. The highest BCUT2D eigenvalue weighted by Crippen LogP contribution is 2.40. The fraction of sp³-hybridized carbons (Fsp3) is 0.318. The van der Waals surface area contributed by atoms with Gasteiger partial charge in [-0.05, 0) is 24.6 Å². The molecule has 2 aromatic rings. The van der Waals surface area contributed by atoms with E-state index in [1.807, 2.05) is 0 Å². The number of benzene rings is 2. The zero-order valence-corrected chi connectivity index (χ0v) is 18.8. The van der Waals surface area contributed by atoms with Gasteiger partial charge in [0.1, 0.15) is 17.8 Å². The summed E-state index contributed by atoms with van der Waals surface area (Å²) < 4.78 is 44.7. The summed E-state index contributed by atoms with van der Waals surface area (Å²) in [6, 6.07) is 7.50. The lowest BCUT2D eigenvalue weighted by molar-refractivity contribution is -0.133. The number of nitrogens with zero attached hydrogens (tertiary/aromatic N) is 1. The van der Waals surface area contributed by atoms with Crippen LogP contribution in [0.25, 0.3) is 0 Å².